The Labute approximate surface area is 177 Å². The Bertz CT molecular complexity index is 875. The number of nitrogens with one attached hydrogen (secondary N) is 2. The quantitative estimate of drug-likeness (QED) is 0.537. The topological polar surface area (TPSA) is 81.2 Å². The fourth-order valence-corrected chi connectivity index (χ4v) is 3.21. The van der Waals surface area contributed by atoms with E-state index in [4.69, 9.17) is 14.2 Å². The lowest BCUT2D eigenvalue weighted by atomic mass is 10.1. The zero-order valence-electron chi connectivity index (χ0n) is 17.7. The van der Waals surface area contributed by atoms with Crippen LogP contribution in [0.4, 0.5) is 5.69 Å². The fourth-order valence-electron chi connectivity index (χ4n) is 3.21. The lowest BCUT2D eigenvalue weighted by Gasteiger charge is -2.15. The molecule has 7 nitrogen and oxygen atoms in total. The van der Waals surface area contributed by atoms with Gasteiger partial charge in [0.1, 0.15) is 0 Å². The minimum atomic E-state index is -0.225. The Morgan fingerprint density at radius 3 is 2.53 bits per heavy atom. The molecule has 30 heavy (non-hydrogen) atoms. The largest absolute Gasteiger partial charge is 0.493 e. The summed E-state index contributed by atoms with van der Waals surface area (Å²) < 4.78 is 16.3. The van der Waals surface area contributed by atoms with Gasteiger partial charge in [-0.05, 0) is 49.1 Å². The van der Waals surface area contributed by atoms with E-state index in [0.717, 1.165) is 31.6 Å². The van der Waals surface area contributed by atoms with Gasteiger partial charge in [0.2, 0.25) is 5.96 Å². The third-order valence-electron chi connectivity index (χ3n) is 4.98. The van der Waals surface area contributed by atoms with Crippen molar-refractivity contribution in [3.63, 3.8) is 0 Å². The van der Waals surface area contributed by atoms with Gasteiger partial charge in [-0.25, -0.2) is 4.99 Å². The van der Waals surface area contributed by atoms with Crippen LogP contribution in [0.2, 0.25) is 0 Å². The molecule has 0 aliphatic carbocycles. The van der Waals surface area contributed by atoms with Gasteiger partial charge < -0.3 is 19.5 Å². The van der Waals surface area contributed by atoms with Gasteiger partial charge >= 0.3 is 0 Å². The van der Waals surface area contributed by atoms with Crippen LogP contribution < -0.4 is 20.1 Å². The van der Waals surface area contributed by atoms with Gasteiger partial charge in [-0.3, -0.25) is 10.1 Å². The Hall–Kier alpha value is -3.06. The van der Waals surface area contributed by atoms with Crippen molar-refractivity contribution >= 4 is 17.6 Å². The summed E-state index contributed by atoms with van der Waals surface area (Å²) in [7, 11) is 3.17. The number of hydrogen-bond donors (Lipinski definition) is 2. The van der Waals surface area contributed by atoms with Crippen LogP contribution >= 0.6 is 0 Å². The number of rotatable bonds is 7. The third kappa shape index (κ3) is 5.73. The summed E-state index contributed by atoms with van der Waals surface area (Å²) >= 11 is 0. The summed E-state index contributed by atoms with van der Waals surface area (Å²) in [6.07, 6.45) is 3.01. The van der Waals surface area contributed by atoms with E-state index in [1.54, 1.807) is 26.4 Å². The second-order valence-electron chi connectivity index (χ2n) is 7.02. The minimum Gasteiger partial charge on any atom is -0.493 e. The molecule has 0 bridgehead atoms. The number of benzene rings is 2. The predicted octanol–water partition coefficient (Wildman–Crippen LogP) is 3.64. The summed E-state index contributed by atoms with van der Waals surface area (Å²) in [6, 6.07) is 13.0. The number of amides is 1. The predicted molar refractivity (Wildman–Crippen MR) is 118 cm³/mol. The van der Waals surface area contributed by atoms with Gasteiger partial charge in [0.05, 0.1) is 26.9 Å². The normalized spacial score (nSPS) is 16.2. The second kappa shape index (κ2) is 10.6. The Balaban J connectivity index is 1.77. The molecule has 1 heterocycles. The molecule has 0 spiro atoms. The zero-order valence-corrected chi connectivity index (χ0v) is 17.7. The van der Waals surface area contributed by atoms with E-state index in [9.17, 15) is 4.79 Å². The van der Waals surface area contributed by atoms with Crippen LogP contribution in [0.25, 0.3) is 0 Å². The van der Waals surface area contributed by atoms with Gasteiger partial charge in [-0.2, -0.15) is 0 Å². The standard InChI is InChI=1S/C23H29N3O4/c1-4-16-7-9-17(10-8-16)22(27)26-23(24-15-19-6-5-13-30-19)25-18-11-12-20(28-2)21(14-18)29-3/h7-12,14,19H,4-6,13,15H2,1-3H3,(H2,24,25,26,27)/t19-/m0/s1. The third-order valence-corrected chi connectivity index (χ3v) is 4.98. The number of aliphatic imine (C=N–C) groups is 1. The molecule has 1 aliphatic rings. The number of methoxy groups -OCH3 is 2. The van der Waals surface area contributed by atoms with E-state index in [1.807, 2.05) is 30.3 Å². The molecule has 1 amide bonds. The first-order chi connectivity index (χ1) is 14.6. The number of ether oxygens (including phenoxy) is 3. The first-order valence-electron chi connectivity index (χ1n) is 10.2. The SMILES string of the molecule is CCc1ccc(C(=O)NC(=NC[C@@H]2CCCO2)Nc2ccc(OC)c(OC)c2)cc1. The molecule has 1 atom stereocenters. The highest BCUT2D eigenvalue weighted by Gasteiger charge is 2.16. The molecular weight excluding hydrogens is 382 g/mol. The molecule has 1 fully saturated rings. The highest BCUT2D eigenvalue weighted by atomic mass is 16.5. The van der Waals surface area contributed by atoms with Gasteiger partial charge in [-0.1, -0.05) is 19.1 Å². The summed E-state index contributed by atoms with van der Waals surface area (Å²) in [5, 5.41) is 6.06. The maximum absolute atomic E-state index is 12.8. The highest BCUT2D eigenvalue weighted by molar-refractivity contribution is 6.10. The second-order valence-corrected chi connectivity index (χ2v) is 7.02. The minimum absolute atomic E-state index is 0.0768. The molecule has 0 unspecified atom stereocenters. The fraction of sp³-hybridized carbons (Fsp3) is 0.391. The number of carbonyl (C=O) groups excluding carboxylic acids is 1. The van der Waals surface area contributed by atoms with Crippen LogP contribution in [-0.2, 0) is 11.2 Å². The molecular formula is C23H29N3O4. The van der Waals surface area contributed by atoms with Crippen LogP contribution in [0.1, 0.15) is 35.7 Å². The summed E-state index contributed by atoms with van der Waals surface area (Å²) in [5.74, 6) is 1.35. The first-order valence-corrected chi connectivity index (χ1v) is 10.2. The van der Waals surface area contributed by atoms with Crippen molar-refractivity contribution in [2.75, 3.05) is 32.7 Å². The van der Waals surface area contributed by atoms with Gasteiger partial charge in [0.15, 0.2) is 11.5 Å². The number of guanidine groups is 1. The monoisotopic (exact) mass is 411 g/mol. The number of carbonyl (C=O) groups is 1. The first kappa shape index (κ1) is 21.6. The maximum atomic E-state index is 12.8. The number of anilines is 1. The summed E-state index contributed by atoms with van der Waals surface area (Å²) in [6.45, 7) is 3.32. The van der Waals surface area contributed by atoms with Crippen molar-refractivity contribution in [3.05, 3.63) is 53.6 Å². The molecule has 1 saturated heterocycles. The van der Waals surface area contributed by atoms with Crippen molar-refractivity contribution in [1.29, 1.82) is 0 Å². The van der Waals surface area contributed by atoms with Crippen molar-refractivity contribution in [3.8, 4) is 11.5 Å². The van der Waals surface area contributed by atoms with E-state index in [-0.39, 0.29) is 12.0 Å². The van der Waals surface area contributed by atoms with E-state index in [0.29, 0.717) is 29.6 Å². The van der Waals surface area contributed by atoms with E-state index in [1.165, 1.54) is 5.56 Å². The van der Waals surface area contributed by atoms with E-state index < -0.39 is 0 Å². The summed E-state index contributed by atoms with van der Waals surface area (Å²) in [4.78, 5) is 17.3. The maximum Gasteiger partial charge on any atom is 0.257 e. The zero-order chi connectivity index (χ0) is 21.3. The Morgan fingerprint density at radius 1 is 1.13 bits per heavy atom. The average molecular weight is 412 g/mol. The van der Waals surface area contributed by atoms with Gasteiger partial charge in [-0.15, -0.1) is 0 Å². The number of nitrogens with zero attached hydrogens (tertiary/aromatic N) is 1. The van der Waals surface area contributed by atoms with E-state index in [2.05, 4.69) is 22.5 Å². The molecule has 0 saturated carbocycles. The average Bonchev–Trinajstić information content (AvgIpc) is 3.31. The van der Waals surface area contributed by atoms with Crippen LogP contribution in [0.5, 0.6) is 11.5 Å². The van der Waals surface area contributed by atoms with Crippen molar-refractivity contribution in [2.24, 2.45) is 4.99 Å². The number of hydrogen-bond acceptors (Lipinski definition) is 5. The van der Waals surface area contributed by atoms with Crippen LogP contribution in [0.3, 0.4) is 0 Å². The van der Waals surface area contributed by atoms with Crippen molar-refractivity contribution in [2.45, 2.75) is 32.3 Å². The van der Waals surface area contributed by atoms with Gasteiger partial charge in [0, 0.05) is 23.9 Å². The molecule has 0 aromatic heterocycles. The molecule has 3 rings (SSSR count). The molecule has 160 valence electrons. The highest BCUT2D eigenvalue weighted by Crippen LogP contribution is 2.29. The van der Waals surface area contributed by atoms with E-state index >= 15 is 0 Å². The molecule has 2 aromatic carbocycles. The Morgan fingerprint density at radius 2 is 1.90 bits per heavy atom. The number of aryl methyl sites for hydroxylation is 1. The summed E-state index contributed by atoms with van der Waals surface area (Å²) in [5.41, 5.74) is 2.48. The molecule has 2 N–H and O–H groups in total. The van der Waals surface area contributed by atoms with Crippen LogP contribution in [0.15, 0.2) is 47.5 Å². The van der Waals surface area contributed by atoms with Crippen LogP contribution in [-0.4, -0.2) is 45.3 Å². The molecule has 1 aliphatic heterocycles. The van der Waals surface area contributed by atoms with Gasteiger partial charge in [0.25, 0.3) is 5.91 Å². The molecule has 0 radical (unpaired) electrons. The molecule has 7 heteroatoms. The Kier molecular flexibility index (Phi) is 7.68. The lowest BCUT2D eigenvalue weighted by Crippen LogP contribution is -2.36. The van der Waals surface area contributed by atoms with Crippen molar-refractivity contribution in [1.82, 2.24) is 5.32 Å². The van der Waals surface area contributed by atoms with Crippen LogP contribution in [0, 0.1) is 0 Å². The smallest absolute Gasteiger partial charge is 0.257 e. The molecule has 2 aromatic rings. The lowest BCUT2D eigenvalue weighted by molar-refractivity contribution is 0.0975. The van der Waals surface area contributed by atoms with Crippen molar-refractivity contribution < 1.29 is 19.0 Å².